The van der Waals surface area contributed by atoms with Gasteiger partial charge in [-0.2, -0.15) is 0 Å². The lowest BCUT2D eigenvalue weighted by Gasteiger charge is -1.93. The molecule has 1 aliphatic heterocycles. The van der Waals surface area contributed by atoms with E-state index in [1.807, 2.05) is 18.8 Å². The number of imide groups is 1. The zero-order valence-electron chi connectivity index (χ0n) is 7.63. The van der Waals surface area contributed by atoms with E-state index in [4.69, 9.17) is 0 Å². The average Bonchev–Trinajstić information content (AvgIpc) is 2.30. The van der Waals surface area contributed by atoms with Crippen LogP contribution in [0.15, 0.2) is 23.5 Å². The van der Waals surface area contributed by atoms with Crippen LogP contribution in [-0.4, -0.2) is 24.3 Å². The lowest BCUT2D eigenvalue weighted by atomic mass is 10.3. The van der Waals surface area contributed by atoms with Crippen molar-refractivity contribution in [2.45, 2.75) is 6.92 Å². The highest BCUT2D eigenvalue weighted by atomic mass is 31.1. The molecule has 0 aromatic heterocycles. The highest BCUT2D eigenvalue weighted by Crippen LogP contribution is 2.20. The zero-order valence-corrected chi connectivity index (χ0v) is 8.63. The van der Waals surface area contributed by atoms with Gasteiger partial charge in [0.15, 0.2) is 0 Å². The van der Waals surface area contributed by atoms with E-state index in [1.54, 1.807) is 0 Å². The molecule has 1 unspecified atom stereocenters. The van der Waals surface area contributed by atoms with Crippen LogP contribution >= 0.6 is 7.55 Å². The average molecular weight is 197 g/mol. The minimum Gasteiger partial charge on any atom is -0.289 e. The molecule has 1 aliphatic rings. The third-order valence-electron chi connectivity index (χ3n) is 1.60. The van der Waals surface area contributed by atoms with E-state index >= 15 is 0 Å². The molecule has 1 atom stereocenters. The standard InChI is InChI=1S/C9H12NO2P/c1-3-4-13(2)6-7-5-8(11)10-9(7)12/h3-6,13H,1-2H3,(H,10,11,12)/b4-3-. The van der Waals surface area contributed by atoms with Gasteiger partial charge < -0.3 is 0 Å². The van der Waals surface area contributed by atoms with E-state index in [2.05, 4.69) is 17.8 Å². The number of nitrogens with one attached hydrogen (secondary N) is 1. The lowest BCUT2D eigenvalue weighted by Crippen LogP contribution is -2.22. The summed E-state index contributed by atoms with van der Waals surface area (Å²) in [6.07, 6.45) is 3.31. The smallest absolute Gasteiger partial charge is 0.258 e. The normalized spacial score (nSPS) is 19.4. The highest BCUT2D eigenvalue weighted by molar-refractivity contribution is 7.60. The summed E-state index contributed by atoms with van der Waals surface area (Å²) in [5, 5.41) is 2.20. The van der Waals surface area contributed by atoms with Crippen LogP contribution < -0.4 is 5.32 Å². The fourth-order valence-corrected chi connectivity index (χ4v) is 2.42. The van der Waals surface area contributed by atoms with Crippen LogP contribution in [0, 0.1) is 0 Å². The maximum absolute atomic E-state index is 11.1. The Hall–Kier alpha value is -1.08. The van der Waals surface area contributed by atoms with Crippen molar-refractivity contribution in [3.63, 3.8) is 0 Å². The van der Waals surface area contributed by atoms with Crippen LogP contribution in [0.3, 0.4) is 0 Å². The van der Waals surface area contributed by atoms with Crippen molar-refractivity contribution in [3.05, 3.63) is 23.5 Å². The van der Waals surface area contributed by atoms with E-state index in [1.165, 1.54) is 6.08 Å². The quantitative estimate of drug-likeness (QED) is 0.524. The fraction of sp³-hybridized carbons (Fsp3) is 0.222. The molecule has 1 N–H and O–H groups in total. The van der Waals surface area contributed by atoms with Gasteiger partial charge in [-0.25, -0.2) is 0 Å². The molecular formula is C9H12NO2P. The van der Waals surface area contributed by atoms with Gasteiger partial charge in [-0.3, -0.25) is 14.9 Å². The molecule has 0 aliphatic carbocycles. The Morgan fingerprint density at radius 1 is 1.46 bits per heavy atom. The first kappa shape index (κ1) is 10.0. The summed E-state index contributed by atoms with van der Waals surface area (Å²) < 4.78 is 0. The molecule has 0 aromatic carbocycles. The van der Waals surface area contributed by atoms with E-state index < -0.39 is 7.55 Å². The summed E-state index contributed by atoms with van der Waals surface area (Å²) in [4.78, 5) is 21.9. The number of carbonyl (C=O) groups excluding carboxylic acids is 2. The summed E-state index contributed by atoms with van der Waals surface area (Å²) in [5.74, 6) is 3.33. The second-order valence-corrected chi connectivity index (χ2v) is 4.92. The minimum absolute atomic E-state index is 0.279. The van der Waals surface area contributed by atoms with Gasteiger partial charge in [-0.1, -0.05) is 25.2 Å². The molecule has 2 amide bonds. The molecule has 0 radical (unpaired) electrons. The van der Waals surface area contributed by atoms with Gasteiger partial charge in [0.2, 0.25) is 0 Å². The van der Waals surface area contributed by atoms with Gasteiger partial charge in [0, 0.05) is 11.6 Å². The summed E-state index contributed by atoms with van der Waals surface area (Å²) in [6, 6.07) is 0. The van der Waals surface area contributed by atoms with Gasteiger partial charge in [0.25, 0.3) is 11.8 Å². The molecule has 1 rings (SSSR count). The highest BCUT2D eigenvalue weighted by Gasteiger charge is 2.17. The summed E-state index contributed by atoms with van der Waals surface area (Å²) in [6.45, 7) is 4.00. The van der Waals surface area contributed by atoms with Crippen LogP contribution in [-0.2, 0) is 9.59 Å². The zero-order chi connectivity index (χ0) is 9.84. The molecule has 3 nitrogen and oxygen atoms in total. The van der Waals surface area contributed by atoms with Gasteiger partial charge >= 0.3 is 0 Å². The predicted molar refractivity (Wildman–Crippen MR) is 56.3 cm³/mol. The van der Waals surface area contributed by atoms with Crippen molar-refractivity contribution in [2.24, 2.45) is 0 Å². The van der Waals surface area contributed by atoms with Gasteiger partial charge in [-0.15, -0.1) is 0 Å². The molecule has 0 aromatic rings. The van der Waals surface area contributed by atoms with E-state index in [-0.39, 0.29) is 11.8 Å². The molecule has 0 saturated heterocycles. The van der Waals surface area contributed by atoms with Crippen LogP contribution in [0.2, 0.25) is 0 Å². The Bertz CT molecular complexity index is 340. The Morgan fingerprint density at radius 2 is 2.15 bits per heavy atom. The third kappa shape index (κ3) is 2.71. The Kier molecular flexibility index (Phi) is 3.26. The van der Waals surface area contributed by atoms with Crippen molar-refractivity contribution in [3.8, 4) is 0 Å². The summed E-state index contributed by atoms with van der Waals surface area (Å²) in [7, 11) is -0.766. The first-order chi connectivity index (χ1) is 6.13. The van der Waals surface area contributed by atoms with E-state index in [0.717, 1.165) is 0 Å². The third-order valence-corrected chi connectivity index (χ3v) is 3.22. The predicted octanol–water partition coefficient (Wildman–Crippen LogP) is 0.749. The SMILES string of the molecule is C/C=C\[PH](C)=C/C1=CC(=O)NC1=O. The number of hydrogen-bond acceptors (Lipinski definition) is 2. The molecule has 70 valence electrons. The lowest BCUT2D eigenvalue weighted by molar-refractivity contribution is -0.123. The van der Waals surface area contributed by atoms with Gasteiger partial charge in [0.05, 0.1) is 0 Å². The second kappa shape index (κ2) is 4.24. The first-order valence-electron chi connectivity index (χ1n) is 4.01. The van der Waals surface area contributed by atoms with E-state index in [0.29, 0.717) is 5.57 Å². The second-order valence-electron chi connectivity index (χ2n) is 2.81. The van der Waals surface area contributed by atoms with Crippen molar-refractivity contribution in [2.75, 3.05) is 6.66 Å². The van der Waals surface area contributed by atoms with Crippen LogP contribution in [0.1, 0.15) is 6.92 Å². The van der Waals surface area contributed by atoms with Crippen molar-refractivity contribution in [1.82, 2.24) is 5.32 Å². The van der Waals surface area contributed by atoms with Gasteiger partial charge in [-0.05, 0) is 13.6 Å². The largest absolute Gasteiger partial charge is 0.289 e. The molecule has 13 heavy (non-hydrogen) atoms. The van der Waals surface area contributed by atoms with Crippen LogP contribution in [0.25, 0.3) is 0 Å². The molecule has 0 bridgehead atoms. The van der Waals surface area contributed by atoms with Crippen molar-refractivity contribution >= 4 is 25.2 Å². The number of allylic oxidation sites excluding steroid dienone is 1. The Labute approximate surface area is 77.9 Å². The van der Waals surface area contributed by atoms with Crippen LogP contribution in [0.4, 0.5) is 0 Å². The first-order valence-corrected chi connectivity index (χ1v) is 6.17. The van der Waals surface area contributed by atoms with E-state index in [9.17, 15) is 9.59 Å². The molecule has 0 saturated carbocycles. The van der Waals surface area contributed by atoms with Gasteiger partial charge in [0.1, 0.15) is 0 Å². The monoisotopic (exact) mass is 197 g/mol. The fourth-order valence-electron chi connectivity index (χ4n) is 1.09. The number of carbonyl (C=O) groups is 2. The number of hydrogen-bond donors (Lipinski definition) is 1. The summed E-state index contributed by atoms with van der Waals surface area (Å²) in [5.41, 5.74) is 0.500. The molecular weight excluding hydrogens is 185 g/mol. The molecule has 1 heterocycles. The topological polar surface area (TPSA) is 46.2 Å². The molecule has 0 fully saturated rings. The Morgan fingerprint density at radius 3 is 2.62 bits per heavy atom. The van der Waals surface area contributed by atoms with Crippen molar-refractivity contribution < 1.29 is 9.59 Å². The maximum Gasteiger partial charge on any atom is 0.258 e. The molecule has 4 heteroatoms. The number of amides is 2. The minimum atomic E-state index is -0.766. The maximum atomic E-state index is 11.1. The Balaban J connectivity index is 2.85. The molecule has 0 spiro atoms. The number of rotatable bonds is 2. The van der Waals surface area contributed by atoms with Crippen LogP contribution in [0.5, 0.6) is 0 Å². The summed E-state index contributed by atoms with van der Waals surface area (Å²) >= 11 is 0. The van der Waals surface area contributed by atoms with Crippen molar-refractivity contribution in [1.29, 1.82) is 0 Å².